The number of aryl methyl sites for hydroxylation is 1. The van der Waals surface area contributed by atoms with Crippen molar-refractivity contribution in [2.45, 2.75) is 37.6 Å². The molecule has 6 nitrogen and oxygen atoms in total. The van der Waals surface area contributed by atoms with Crippen molar-refractivity contribution in [1.82, 2.24) is 9.29 Å². The van der Waals surface area contributed by atoms with Gasteiger partial charge in [-0.2, -0.15) is 4.31 Å². The van der Waals surface area contributed by atoms with E-state index in [4.69, 9.17) is 4.98 Å². The predicted octanol–water partition coefficient (Wildman–Crippen LogP) is 5.63. The summed E-state index contributed by atoms with van der Waals surface area (Å²) in [6.45, 7) is 2.85. The number of sulfonamides is 1. The van der Waals surface area contributed by atoms with Gasteiger partial charge in [-0.15, -0.1) is 0 Å². The van der Waals surface area contributed by atoms with Gasteiger partial charge in [-0.25, -0.2) is 17.8 Å². The average molecular weight is 538 g/mol. The summed E-state index contributed by atoms with van der Waals surface area (Å²) in [6, 6.07) is 20.7. The van der Waals surface area contributed by atoms with E-state index in [1.54, 1.807) is 4.90 Å². The van der Waals surface area contributed by atoms with E-state index in [-0.39, 0.29) is 17.3 Å². The topological polar surface area (TPSA) is 70.6 Å². The molecule has 1 aliphatic heterocycles. The van der Waals surface area contributed by atoms with Crippen molar-refractivity contribution in [3.05, 3.63) is 89.7 Å². The number of carbonyl (C=O) groups is 1. The number of halogens is 1. The maximum absolute atomic E-state index is 14.0. The first-order valence-corrected chi connectivity index (χ1v) is 14.6. The fourth-order valence-electron chi connectivity index (χ4n) is 4.64. The number of aromatic nitrogens is 1. The molecule has 5 rings (SSSR count). The summed E-state index contributed by atoms with van der Waals surface area (Å²) in [5.74, 6) is -1.15. The normalized spacial score (nSPS) is 16.6. The van der Waals surface area contributed by atoms with Gasteiger partial charge in [0.1, 0.15) is 5.82 Å². The molecule has 1 fully saturated rings. The number of amides is 1. The molecule has 0 saturated carbocycles. The summed E-state index contributed by atoms with van der Waals surface area (Å²) < 4.78 is 42.2. The summed E-state index contributed by atoms with van der Waals surface area (Å²) in [5.41, 5.74) is 3.01. The van der Waals surface area contributed by atoms with Crippen molar-refractivity contribution in [3.63, 3.8) is 0 Å². The minimum Gasteiger partial charge on any atom is -0.283 e. The maximum atomic E-state index is 14.0. The minimum atomic E-state index is -3.84. The van der Waals surface area contributed by atoms with E-state index in [1.807, 2.05) is 36.4 Å². The largest absolute Gasteiger partial charge is 0.283 e. The highest BCUT2D eigenvalue weighted by molar-refractivity contribution is 7.89. The Hall–Kier alpha value is -3.14. The molecule has 0 radical (unpaired) electrons. The lowest BCUT2D eigenvalue weighted by molar-refractivity contribution is -0.123. The third-order valence-corrected chi connectivity index (χ3v) is 9.64. The predicted molar refractivity (Wildman–Crippen MR) is 145 cm³/mol. The van der Waals surface area contributed by atoms with Crippen molar-refractivity contribution in [1.29, 1.82) is 0 Å². The number of hydrogen-bond acceptors (Lipinski definition) is 5. The molecule has 1 atom stereocenters. The van der Waals surface area contributed by atoms with E-state index in [0.29, 0.717) is 31.1 Å². The van der Waals surface area contributed by atoms with Crippen molar-refractivity contribution < 1.29 is 17.6 Å². The Morgan fingerprint density at radius 1 is 1.08 bits per heavy atom. The zero-order valence-electron chi connectivity index (χ0n) is 20.5. The lowest BCUT2D eigenvalue weighted by Gasteiger charge is -2.33. The van der Waals surface area contributed by atoms with Crippen molar-refractivity contribution in [3.8, 4) is 0 Å². The first-order valence-electron chi connectivity index (χ1n) is 12.4. The van der Waals surface area contributed by atoms with E-state index >= 15 is 0 Å². The second-order valence-electron chi connectivity index (χ2n) is 9.22. The fourth-order valence-corrected chi connectivity index (χ4v) is 7.19. The maximum Gasteiger partial charge on any atom is 0.243 e. The molecule has 0 N–H and O–H groups in total. The molecular weight excluding hydrogens is 509 g/mol. The smallest absolute Gasteiger partial charge is 0.243 e. The summed E-state index contributed by atoms with van der Waals surface area (Å²) in [7, 11) is -3.84. The lowest BCUT2D eigenvalue weighted by Crippen LogP contribution is -2.46. The van der Waals surface area contributed by atoms with Crippen LogP contribution in [0.15, 0.2) is 77.7 Å². The van der Waals surface area contributed by atoms with Gasteiger partial charge in [-0.05, 0) is 66.8 Å². The molecule has 9 heteroatoms. The van der Waals surface area contributed by atoms with Crippen LogP contribution in [-0.4, -0.2) is 36.7 Å². The fraction of sp³-hybridized carbons (Fsp3) is 0.286. The average Bonchev–Trinajstić information content (AvgIpc) is 3.35. The van der Waals surface area contributed by atoms with Crippen LogP contribution in [0.3, 0.4) is 0 Å². The van der Waals surface area contributed by atoms with Crippen LogP contribution >= 0.6 is 11.3 Å². The number of rotatable bonds is 7. The number of thiazole rings is 1. The molecule has 37 heavy (non-hydrogen) atoms. The molecule has 1 amide bonds. The van der Waals surface area contributed by atoms with Crippen LogP contribution in [0.4, 0.5) is 9.52 Å². The van der Waals surface area contributed by atoms with Crippen LogP contribution in [0.1, 0.15) is 30.9 Å². The molecule has 0 aliphatic carbocycles. The highest BCUT2D eigenvalue weighted by atomic mass is 32.2. The van der Waals surface area contributed by atoms with E-state index < -0.39 is 21.8 Å². The van der Waals surface area contributed by atoms with Gasteiger partial charge >= 0.3 is 0 Å². The highest BCUT2D eigenvalue weighted by Crippen LogP contribution is 2.33. The molecule has 0 spiro atoms. The van der Waals surface area contributed by atoms with Gasteiger partial charge in [0.25, 0.3) is 0 Å². The van der Waals surface area contributed by atoms with Crippen LogP contribution in [0.5, 0.6) is 0 Å². The second kappa shape index (κ2) is 10.7. The standard InChI is InChI=1S/C28H28FN3O3S2/c1-2-20-10-15-25-26(17-20)36-28(30-25)32(18-21-7-4-3-5-8-21)27(33)22-9-6-16-31(19-22)37(34,35)24-13-11-23(29)12-14-24/h3-5,7-8,10-15,17,22H,2,6,9,16,18-19H2,1H3. The van der Waals surface area contributed by atoms with E-state index in [9.17, 15) is 17.6 Å². The monoisotopic (exact) mass is 537 g/mol. The first-order chi connectivity index (χ1) is 17.8. The van der Waals surface area contributed by atoms with Crippen molar-refractivity contribution >= 4 is 42.6 Å². The number of anilines is 1. The summed E-state index contributed by atoms with van der Waals surface area (Å²) >= 11 is 1.48. The first kappa shape index (κ1) is 25.5. The van der Waals surface area contributed by atoms with E-state index in [1.165, 1.54) is 33.3 Å². The second-order valence-corrected chi connectivity index (χ2v) is 12.2. The van der Waals surface area contributed by atoms with Crippen molar-refractivity contribution in [2.75, 3.05) is 18.0 Å². The number of benzene rings is 3. The number of carbonyl (C=O) groups excluding carboxylic acids is 1. The molecule has 0 bridgehead atoms. The summed E-state index contributed by atoms with van der Waals surface area (Å²) in [4.78, 5) is 20.5. The van der Waals surface area contributed by atoms with Crippen LogP contribution in [0, 0.1) is 11.7 Å². The van der Waals surface area contributed by atoms with Gasteiger partial charge in [0.15, 0.2) is 5.13 Å². The highest BCUT2D eigenvalue weighted by Gasteiger charge is 2.36. The molecule has 4 aromatic rings. The van der Waals surface area contributed by atoms with Crippen LogP contribution in [0.2, 0.25) is 0 Å². The Bertz CT molecular complexity index is 1500. The summed E-state index contributed by atoms with van der Waals surface area (Å²) in [6.07, 6.45) is 2.07. The molecule has 192 valence electrons. The number of hydrogen-bond donors (Lipinski definition) is 0. The van der Waals surface area contributed by atoms with Gasteiger partial charge < -0.3 is 0 Å². The molecule has 3 aromatic carbocycles. The molecule has 1 saturated heterocycles. The van der Waals surface area contributed by atoms with E-state index in [2.05, 4.69) is 19.1 Å². The Kier molecular flexibility index (Phi) is 7.37. The SMILES string of the molecule is CCc1ccc2nc(N(Cc3ccccc3)C(=O)C3CCCN(S(=O)(=O)c4ccc(F)cc4)C3)sc2c1. The van der Waals surface area contributed by atoms with Gasteiger partial charge in [-0.1, -0.05) is 54.7 Å². The number of nitrogens with zero attached hydrogens (tertiary/aromatic N) is 3. The molecule has 1 aromatic heterocycles. The summed E-state index contributed by atoms with van der Waals surface area (Å²) in [5, 5.41) is 0.607. The Morgan fingerprint density at radius 3 is 2.57 bits per heavy atom. The zero-order valence-corrected chi connectivity index (χ0v) is 22.1. The van der Waals surface area contributed by atoms with E-state index in [0.717, 1.165) is 34.3 Å². The Morgan fingerprint density at radius 2 is 1.84 bits per heavy atom. The number of fused-ring (bicyclic) bond motifs is 1. The molecule has 2 heterocycles. The molecular formula is C28H28FN3O3S2. The molecule has 1 unspecified atom stereocenters. The number of piperidine rings is 1. The quantitative estimate of drug-likeness (QED) is 0.306. The van der Waals surface area contributed by atoms with Crippen LogP contribution < -0.4 is 4.90 Å². The third-order valence-electron chi connectivity index (χ3n) is 6.72. The van der Waals surface area contributed by atoms with Gasteiger partial charge in [0, 0.05) is 13.1 Å². The molecule has 1 aliphatic rings. The zero-order chi connectivity index (χ0) is 26.0. The minimum absolute atomic E-state index is 0.0287. The lowest BCUT2D eigenvalue weighted by atomic mass is 9.98. The van der Waals surface area contributed by atoms with Gasteiger partial charge in [0.2, 0.25) is 15.9 Å². The van der Waals surface area contributed by atoms with Crippen LogP contribution in [0.25, 0.3) is 10.2 Å². The Balaban J connectivity index is 1.45. The van der Waals surface area contributed by atoms with Gasteiger partial charge in [0.05, 0.1) is 27.6 Å². The third kappa shape index (κ3) is 5.44. The van der Waals surface area contributed by atoms with Gasteiger partial charge in [-0.3, -0.25) is 9.69 Å². The van der Waals surface area contributed by atoms with Crippen molar-refractivity contribution in [2.24, 2.45) is 5.92 Å². The Labute approximate surface area is 220 Å². The van der Waals surface area contributed by atoms with Crippen LogP contribution in [-0.2, 0) is 27.8 Å².